The fourth-order valence-corrected chi connectivity index (χ4v) is 2.99. The van der Waals surface area contributed by atoms with Crippen LogP contribution in [0.2, 0.25) is 0 Å². The molecule has 0 spiro atoms. The summed E-state index contributed by atoms with van der Waals surface area (Å²) in [4.78, 5) is 37.1. The average molecular weight is 293 g/mol. The van der Waals surface area contributed by atoms with E-state index in [0.717, 1.165) is 15.8 Å². The van der Waals surface area contributed by atoms with Crippen LogP contribution in [-0.2, 0) is 20.9 Å². The molecule has 6 heteroatoms. The molecule has 0 atom stereocenters. The Labute approximate surface area is 120 Å². The fourth-order valence-electron chi connectivity index (χ4n) is 2.08. The van der Waals surface area contributed by atoms with Crippen LogP contribution in [-0.4, -0.2) is 27.8 Å². The number of carbonyl (C=O) groups is 3. The zero-order valence-corrected chi connectivity index (χ0v) is 11.9. The first-order valence-corrected chi connectivity index (χ1v) is 7.10. The van der Waals surface area contributed by atoms with Crippen molar-refractivity contribution in [2.75, 3.05) is 0 Å². The van der Waals surface area contributed by atoms with Crippen LogP contribution in [0.4, 0.5) is 0 Å². The van der Waals surface area contributed by atoms with E-state index in [4.69, 9.17) is 5.11 Å². The number of nitrogens with zero attached hydrogens (tertiary/aromatic N) is 1. The van der Waals surface area contributed by atoms with Crippen molar-refractivity contribution < 1.29 is 19.5 Å². The fraction of sp³-hybridized carbons (Fsp3) is 0.357. The summed E-state index contributed by atoms with van der Waals surface area (Å²) in [6.45, 7) is 2.17. The third-order valence-electron chi connectivity index (χ3n) is 3.03. The Morgan fingerprint density at radius 2 is 2.05 bits per heavy atom. The summed E-state index contributed by atoms with van der Waals surface area (Å²) < 4.78 is 0. The number of amides is 2. The highest BCUT2D eigenvalue weighted by atomic mass is 32.1. The zero-order chi connectivity index (χ0) is 14.7. The summed E-state index contributed by atoms with van der Waals surface area (Å²) in [6, 6.07) is 3.59. The second kappa shape index (κ2) is 6.00. The van der Waals surface area contributed by atoms with Gasteiger partial charge in [0.1, 0.15) is 0 Å². The number of hydrogen-bond donors (Lipinski definition) is 1. The zero-order valence-electron chi connectivity index (χ0n) is 11.0. The second-order valence-corrected chi connectivity index (χ2v) is 6.06. The van der Waals surface area contributed by atoms with E-state index in [2.05, 4.69) is 0 Å². The van der Waals surface area contributed by atoms with E-state index in [1.165, 1.54) is 22.3 Å². The number of piperidine rings is 1. The molecule has 2 heterocycles. The molecule has 0 radical (unpaired) electrons. The number of carboxylic acid groups (broad SMARTS) is 1. The first kappa shape index (κ1) is 14.5. The van der Waals surface area contributed by atoms with Gasteiger partial charge in [-0.3, -0.25) is 14.5 Å². The molecular weight excluding hydrogens is 278 g/mol. The Balaban J connectivity index is 2.05. The van der Waals surface area contributed by atoms with Gasteiger partial charge in [-0.25, -0.2) is 4.79 Å². The van der Waals surface area contributed by atoms with Crippen LogP contribution < -0.4 is 0 Å². The minimum Gasteiger partial charge on any atom is -0.478 e. The Kier molecular flexibility index (Phi) is 4.34. The van der Waals surface area contributed by atoms with Gasteiger partial charge in [0.15, 0.2) is 0 Å². The van der Waals surface area contributed by atoms with E-state index in [1.54, 1.807) is 6.07 Å². The van der Waals surface area contributed by atoms with Crippen LogP contribution in [0, 0.1) is 5.92 Å². The Morgan fingerprint density at radius 1 is 1.40 bits per heavy atom. The summed E-state index contributed by atoms with van der Waals surface area (Å²) in [6.07, 6.45) is 3.37. The maximum absolute atomic E-state index is 11.9. The molecule has 0 aromatic carbocycles. The Hall–Kier alpha value is -1.95. The van der Waals surface area contributed by atoms with Gasteiger partial charge in [0.25, 0.3) is 0 Å². The predicted octanol–water partition coefficient (Wildman–Crippen LogP) is 2.13. The molecule has 1 N–H and O–H groups in total. The molecule has 1 fully saturated rings. The van der Waals surface area contributed by atoms with Gasteiger partial charge in [-0.05, 0) is 24.1 Å². The van der Waals surface area contributed by atoms with E-state index in [9.17, 15) is 14.4 Å². The van der Waals surface area contributed by atoms with Crippen LogP contribution in [0.3, 0.4) is 0 Å². The minimum absolute atomic E-state index is 0.114. The van der Waals surface area contributed by atoms with Crippen LogP contribution in [0.1, 0.15) is 29.5 Å². The van der Waals surface area contributed by atoms with Gasteiger partial charge in [0.05, 0.1) is 6.54 Å². The van der Waals surface area contributed by atoms with Gasteiger partial charge >= 0.3 is 5.97 Å². The summed E-state index contributed by atoms with van der Waals surface area (Å²) >= 11 is 1.38. The molecule has 1 aromatic heterocycles. The summed E-state index contributed by atoms with van der Waals surface area (Å²) in [5.74, 6) is -1.16. The lowest BCUT2D eigenvalue weighted by Gasteiger charge is -2.27. The van der Waals surface area contributed by atoms with Crippen molar-refractivity contribution in [3.8, 4) is 0 Å². The Bertz CT molecular complexity index is 557. The van der Waals surface area contributed by atoms with E-state index in [1.807, 2.05) is 13.0 Å². The highest BCUT2D eigenvalue weighted by molar-refractivity contribution is 7.12. The summed E-state index contributed by atoms with van der Waals surface area (Å²) in [5.41, 5.74) is 0. The topological polar surface area (TPSA) is 74.7 Å². The SMILES string of the molecule is CC1CC(=O)N(Cc2ccc(C=CC(=O)O)s2)C(=O)C1. The maximum atomic E-state index is 11.9. The smallest absolute Gasteiger partial charge is 0.328 e. The average Bonchev–Trinajstić information content (AvgIpc) is 2.79. The van der Waals surface area contributed by atoms with Crippen molar-refractivity contribution in [1.82, 2.24) is 4.90 Å². The predicted molar refractivity (Wildman–Crippen MR) is 74.9 cm³/mol. The minimum atomic E-state index is -1.00. The van der Waals surface area contributed by atoms with E-state index in [0.29, 0.717) is 12.8 Å². The van der Waals surface area contributed by atoms with Gasteiger partial charge in [0, 0.05) is 28.7 Å². The molecule has 2 amide bonds. The molecule has 1 aromatic rings. The molecular formula is C14H15NO4S. The number of imide groups is 1. The molecule has 2 rings (SSSR count). The third-order valence-corrected chi connectivity index (χ3v) is 4.07. The van der Waals surface area contributed by atoms with Crippen molar-refractivity contribution in [3.05, 3.63) is 28.0 Å². The number of carboxylic acids is 1. The quantitative estimate of drug-likeness (QED) is 0.681. The van der Waals surface area contributed by atoms with Crippen molar-refractivity contribution in [3.63, 3.8) is 0 Å². The number of rotatable bonds is 4. The molecule has 0 aliphatic carbocycles. The van der Waals surface area contributed by atoms with Crippen molar-refractivity contribution >= 4 is 35.2 Å². The highest BCUT2D eigenvalue weighted by Crippen LogP contribution is 2.24. The molecule has 1 aliphatic heterocycles. The lowest BCUT2D eigenvalue weighted by molar-refractivity contribution is -0.150. The summed E-state index contributed by atoms with van der Waals surface area (Å²) in [5, 5.41) is 8.56. The first-order valence-electron chi connectivity index (χ1n) is 6.28. The molecule has 1 saturated heterocycles. The lowest BCUT2D eigenvalue weighted by atomic mass is 9.98. The van der Waals surface area contributed by atoms with Gasteiger partial charge in [0.2, 0.25) is 11.8 Å². The Morgan fingerprint density at radius 3 is 2.65 bits per heavy atom. The number of carbonyl (C=O) groups excluding carboxylic acids is 2. The van der Waals surface area contributed by atoms with Crippen molar-refractivity contribution in [2.45, 2.75) is 26.3 Å². The first-order chi connectivity index (χ1) is 9.45. The summed E-state index contributed by atoms with van der Waals surface area (Å²) in [7, 11) is 0. The highest BCUT2D eigenvalue weighted by Gasteiger charge is 2.30. The molecule has 1 aliphatic rings. The van der Waals surface area contributed by atoms with Gasteiger partial charge < -0.3 is 5.11 Å². The number of aliphatic carboxylic acids is 1. The molecule has 0 unspecified atom stereocenters. The standard InChI is InChI=1S/C14H15NO4S/c1-9-6-12(16)15(13(17)7-9)8-11-3-2-10(20-11)4-5-14(18)19/h2-5,9H,6-8H2,1H3,(H,18,19). The largest absolute Gasteiger partial charge is 0.478 e. The number of hydrogen-bond acceptors (Lipinski definition) is 4. The normalized spacial score (nSPS) is 17.1. The van der Waals surface area contributed by atoms with E-state index in [-0.39, 0.29) is 24.3 Å². The molecule has 0 saturated carbocycles. The second-order valence-electron chi connectivity index (χ2n) is 4.86. The van der Waals surface area contributed by atoms with Crippen LogP contribution >= 0.6 is 11.3 Å². The van der Waals surface area contributed by atoms with Gasteiger partial charge in [-0.2, -0.15) is 0 Å². The number of thiophene rings is 1. The van der Waals surface area contributed by atoms with Crippen molar-refractivity contribution in [1.29, 1.82) is 0 Å². The van der Waals surface area contributed by atoms with E-state index < -0.39 is 5.97 Å². The molecule has 20 heavy (non-hydrogen) atoms. The monoisotopic (exact) mass is 293 g/mol. The van der Waals surface area contributed by atoms with E-state index >= 15 is 0 Å². The van der Waals surface area contributed by atoms with Crippen molar-refractivity contribution in [2.24, 2.45) is 5.92 Å². The van der Waals surface area contributed by atoms with Crippen LogP contribution in [0.25, 0.3) is 6.08 Å². The molecule has 0 bridgehead atoms. The van der Waals surface area contributed by atoms with Gasteiger partial charge in [-0.1, -0.05) is 6.92 Å². The van der Waals surface area contributed by atoms with Gasteiger partial charge in [-0.15, -0.1) is 11.3 Å². The van der Waals surface area contributed by atoms with Crippen LogP contribution in [0.5, 0.6) is 0 Å². The lowest BCUT2D eigenvalue weighted by Crippen LogP contribution is -2.41. The van der Waals surface area contributed by atoms with Crippen LogP contribution in [0.15, 0.2) is 18.2 Å². The maximum Gasteiger partial charge on any atom is 0.328 e. The number of likely N-dealkylation sites (tertiary alicyclic amines) is 1. The molecule has 5 nitrogen and oxygen atoms in total. The molecule has 106 valence electrons. The third kappa shape index (κ3) is 3.54.